The van der Waals surface area contributed by atoms with Crippen LogP contribution in [0, 0.1) is 0 Å². The Morgan fingerprint density at radius 1 is 0.757 bits per heavy atom. The van der Waals surface area contributed by atoms with Gasteiger partial charge in [-0.15, -0.1) is 0 Å². The Kier molecular flexibility index (Phi) is 34.4. The molecule has 0 aromatic rings. The second-order valence-corrected chi connectivity index (χ2v) is 7.20. The number of carbonyl (C=O) groups excluding carboxylic acids is 7. The maximum absolute atomic E-state index is 11.7. The highest BCUT2D eigenvalue weighted by Gasteiger charge is 2.15. The van der Waals surface area contributed by atoms with Gasteiger partial charge in [0.1, 0.15) is 45.0 Å². The maximum atomic E-state index is 11.7. The molecule has 0 bridgehead atoms. The molecule has 12 nitrogen and oxygen atoms in total. The van der Waals surface area contributed by atoms with E-state index in [1.54, 1.807) is 13.8 Å². The van der Waals surface area contributed by atoms with E-state index in [-0.39, 0.29) is 56.9 Å². The average Bonchev–Trinajstić information content (AvgIpc) is 2.92. The van der Waals surface area contributed by atoms with E-state index in [1.807, 2.05) is 6.79 Å². The van der Waals surface area contributed by atoms with Crippen molar-refractivity contribution in [3.05, 3.63) is 0 Å². The van der Waals surface area contributed by atoms with Gasteiger partial charge in [-0.05, 0) is 19.3 Å². The molecule has 0 radical (unpaired) electrons. The summed E-state index contributed by atoms with van der Waals surface area (Å²) in [5.74, 6) is -0.835. The minimum atomic E-state index is -0.561. The zero-order chi connectivity index (χ0) is 28.6. The molecular formula is C25H43NO11. The highest BCUT2D eigenvalue weighted by atomic mass is 16.6. The number of hydrogen-bond acceptors (Lipinski definition) is 11. The maximum Gasteiger partial charge on any atom is 0.305 e. The Hall–Kier alpha value is -2.99. The molecule has 12 heteroatoms. The van der Waals surface area contributed by atoms with Gasteiger partial charge in [0.15, 0.2) is 0 Å². The zero-order valence-electron chi connectivity index (χ0n) is 22.1. The third kappa shape index (κ3) is 33.0. The molecule has 0 rings (SSSR count). The summed E-state index contributed by atoms with van der Waals surface area (Å²) in [5, 5.41) is 2.73. The molecule has 0 heterocycles. The van der Waals surface area contributed by atoms with Crippen molar-refractivity contribution in [2.45, 2.75) is 77.7 Å². The molecule has 0 saturated heterocycles. The van der Waals surface area contributed by atoms with Gasteiger partial charge in [-0.25, -0.2) is 0 Å². The first kappa shape index (κ1) is 38.5. The first-order valence-corrected chi connectivity index (χ1v) is 12.3. The Morgan fingerprint density at radius 3 is 1.76 bits per heavy atom. The Bertz CT molecular complexity index is 571. The third-order valence-electron chi connectivity index (χ3n) is 4.16. The van der Waals surface area contributed by atoms with Crippen LogP contribution in [0.25, 0.3) is 0 Å². The normalized spacial score (nSPS) is 9.59. The lowest BCUT2D eigenvalue weighted by molar-refractivity contribution is -0.155. The number of amides is 1. The second kappa shape index (κ2) is 33.0. The standard InChI is InChI=1S/C19H33NO8.C5H8O2.CH2O/c1-3-18(23)27-14-16(15-28-19(24)4-2)26-12-7-8-17(22)20-9-13-25-11-6-5-10-21;6-4-2-1-3-5-7;1-2/h10,16H,3-9,11-15H2,1-2H3,(H,20,22);4-5H,1-3H2;1H2. The topological polar surface area (TPSA) is 168 Å². The minimum Gasteiger partial charge on any atom is -0.463 e. The summed E-state index contributed by atoms with van der Waals surface area (Å²) >= 11 is 0. The smallest absolute Gasteiger partial charge is 0.305 e. The van der Waals surface area contributed by atoms with Gasteiger partial charge in [0.05, 0.1) is 6.61 Å². The van der Waals surface area contributed by atoms with Crippen LogP contribution < -0.4 is 5.32 Å². The molecule has 1 amide bonds. The molecule has 0 aliphatic carbocycles. The van der Waals surface area contributed by atoms with Gasteiger partial charge in [0.2, 0.25) is 5.91 Å². The molecule has 0 atom stereocenters. The van der Waals surface area contributed by atoms with Crippen molar-refractivity contribution < 1.29 is 52.5 Å². The van der Waals surface area contributed by atoms with Crippen LogP contribution >= 0.6 is 0 Å². The highest BCUT2D eigenvalue weighted by molar-refractivity contribution is 5.75. The van der Waals surface area contributed by atoms with Crippen molar-refractivity contribution in [3.63, 3.8) is 0 Å². The average molecular weight is 534 g/mol. The van der Waals surface area contributed by atoms with Crippen molar-refractivity contribution in [2.75, 3.05) is 39.6 Å². The lowest BCUT2D eigenvalue weighted by atomic mass is 10.3. The van der Waals surface area contributed by atoms with Gasteiger partial charge < -0.3 is 43.4 Å². The summed E-state index contributed by atoms with van der Waals surface area (Å²) in [6.07, 6.45) is 6.07. The van der Waals surface area contributed by atoms with E-state index in [2.05, 4.69) is 5.32 Å². The van der Waals surface area contributed by atoms with Crippen LogP contribution in [0.5, 0.6) is 0 Å². The minimum absolute atomic E-state index is 0.00267. The van der Waals surface area contributed by atoms with E-state index in [0.717, 1.165) is 18.9 Å². The molecule has 37 heavy (non-hydrogen) atoms. The van der Waals surface area contributed by atoms with Crippen molar-refractivity contribution in [3.8, 4) is 0 Å². The van der Waals surface area contributed by atoms with Gasteiger partial charge in [0, 0.05) is 58.3 Å². The van der Waals surface area contributed by atoms with Gasteiger partial charge >= 0.3 is 11.9 Å². The van der Waals surface area contributed by atoms with Crippen molar-refractivity contribution in [1.82, 2.24) is 5.32 Å². The third-order valence-corrected chi connectivity index (χ3v) is 4.16. The first-order valence-electron chi connectivity index (χ1n) is 12.3. The Balaban J connectivity index is -0.00000110. The number of nitrogens with one attached hydrogen (secondary N) is 1. The molecule has 0 unspecified atom stereocenters. The molecule has 0 aliphatic rings. The van der Waals surface area contributed by atoms with Gasteiger partial charge in [-0.1, -0.05) is 13.8 Å². The number of carbonyl (C=O) groups is 7. The quantitative estimate of drug-likeness (QED) is 0.122. The van der Waals surface area contributed by atoms with Crippen LogP contribution in [-0.2, 0) is 52.5 Å². The monoisotopic (exact) mass is 533 g/mol. The van der Waals surface area contributed by atoms with E-state index in [1.165, 1.54) is 0 Å². The number of rotatable bonds is 22. The summed E-state index contributed by atoms with van der Waals surface area (Å²) in [6, 6.07) is 0. The molecule has 1 N–H and O–H groups in total. The van der Waals surface area contributed by atoms with Gasteiger partial charge in [0.25, 0.3) is 0 Å². The van der Waals surface area contributed by atoms with Crippen LogP contribution in [0.1, 0.15) is 71.6 Å². The van der Waals surface area contributed by atoms with E-state index in [4.69, 9.17) is 23.7 Å². The lowest BCUT2D eigenvalue weighted by Crippen LogP contribution is -2.30. The van der Waals surface area contributed by atoms with Crippen molar-refractivity contribution in [2.24, 2.45) is 0 Å². The zero-order valence-corrected chi connectivity index (χ0v) is 22.1. The fourth-order valence-corrected chi connectivity index (χ4v) is 2.21. The Morgan fingerprint density at radius 2 is 1.27 bits per heavy atom. The van der Waals surface area contributed by atoms with E-state index < -0.39 is 6.10 Å². The fraction of sp³-hybridized carbons (Fsp3) is 0.720. The van der Waals surface area contributed by atoms with Crippen LogP contribution in [-0.4, -0.2) is 89.2 Å². The molecule has 214 valence electrons. The summed E-state index contributed by atoms with van der Waals surface area (Å²) in [6.45, 7) is 6.93. The summed E-state index contributed by atoms with van der Waals surface area (Å²) < 4.78 is 20.9. The van der Waals surface area contributed by atoms with E-state index in [9.17, 15) is 28.8 Å². The molecule has 0 aromatic heterocycles. The number of hydrogen-bond donors (Lipinski definition) is 1. The van der Waals surface area contributed by atoms with Gasteiger partial charge in [-0.2, -0.15) is 0 Å². The van der Waals surface area contributed by atoms with Crippen LogP contribution in [0.15, 0.2) is 0 Å². The van der Waals surface area contributed by atoms with E-state index >= 15 is 0 Å². The van der Waals surface area contributed by atoms with E-state index in [0.29, 0.717) is 58.3 Å². The van der Waals surface area contributed by atoms with Crippen LogP contribution in [0.4, 0.5) is 0 Å². The van der Waals surface area contributed by atoms with Crippen LogP contribution in [0.3, 0.4) is 0 Å². The highest BCUT2D eigenvalue weighted by Crippen LogP contribution is 2.01. The predicted molar refractivity (Wildman–Crippen MR) is 134 cm³/mol. The number of unbranched alkanes of at least 4 members (excludes halogenated alkanes) is 3. The number of esters is 2. The first-order chi connectivity index (χ1) is 17.9. The molecule has 0 saturated carbocycles. The molecule has 0 aromatic carbocycles. The van der Waals surface area contributed by atoms with Crippen molar-refractivity contribution >= 4 is 43.5 Å². The summed E-state index contributed by atoms with van der Waals surface area (Å²) in [7, 11) is 0. The SMILES string of the molecule is C=O.CCC(=O)OCC(COC(=O)CC)OCCCC(=O)NCCOCCCC=O.O=CCCCC=O. The predicted octanol–water partition coefficient (Wildman–Crippen LogP) is 1.54. The number of aldehydes is 3. The molecule has 0 spiro atoms. The molecule has 0 fully saturated rings. The summed E-state index contributed by atoms with van der Waals surface area (Å²) in [4.78, 5) is 71.5. The van der Waals surface area contributed by atoms with Crippen LogP contribution in [0.2, 0.25) is 0 Å². The van der Waals surface area contributed by atoms with Crippen molar-refractivity contribution in [1.29, 1.82) is 0 Å². The molecular weight excluding hydrogens is 490 g/mol. The second-order valence-electron chi connectivity index (χ2n) is 7.20. The van der Waals surface area contributed by atoms with Gasteiger partial charge in [-0.3, -0.25) is 14.4 Å². The molecule has 0 aliphatic heterocycles. The number of ether oxygens (including phenoxy) is 4. The largest absolute Gasteiger partial charge is 0.463 e. The fourth-order valence-electron chi connectivity index (χ4n) is 2.21. The lowest BCUT2D eigenvalue weighted by Gasteiger charge is -2.18. The Labute approximate surface area is 219 Å². The summed E-state index contributed by atoms with van der Waals surface area (Å²) in [5.41, 5.74) is 0.